The summed E-state index contributed by atoms with van der Waals surface area (Å²) in [6.07, 6.45) is 4.47. The summed E-state index contributed by atoms with van der Waals surface area (Å²) in [5, 5.41) is 6.70. The van der Waals surface area contributed by atoms with Gasteiger partial charge in [-0.1, -0.05) is 41.1 Å². The smallest absolute Gasteiger partial charge is 0.248 e. The molecule has 4 rings (SSSR count). The highest BCUT2D eigenvalue weighted by Crippen LogP contribution is 2.30. The first-order valence-corrected chi connectivity index (χ1v) is 12.9. The number of hydrogen-bond acceptors (Lipinski definition) is 5. The van der Waals surface area contributed by atoms with Crippen molar-refractivity contribution < 1.29 is 22.1 Å². The number of aryl methyl sites for hydroxylation is 3. The number of aromatic nitrogens is 1. The maximum Gasteiger partial charge on any atom is 0.248 e. The van der Waals surface area contributed by atoms with Crippen molar-refractivity contribution in [1.82, 2.24) is 9.46 Å². The zero-order valence-corrected chi connectivity index (χ0v) is 20.7. The van der Waals surface area contributed by atoms with Crippen molar-refractivity contribution in [2.24, 2.45) is 5.92 Å². The van der Waals surface area contributed by atoms with Crippen molar-refractivity contribution in [3.63, 3.8) is 0 Å². The number of sulfonamides is 1. The van der Waals surface area contributed by atoms with Crippen molar-refractivity contribution in [2.45, 2.75) is 38.5 Å². The lowest BCUT2D eigenvalue weighted by Crippen LogP contribution is -2.44. The molecule has 1 aromatic heterocycles. The molecule has 7 nitrogen and oxygen atoms in total. The molecular weight excluding hydrogens is 469 g/mol. The van der Waals surface area contributed by atoms with E-state index in [2.05, 4.69) is 10.5 Å². The summed E-state index contributed by atoms with van der Waals surface area (Å²) in [5.41, 5.74) is 3.40. The maximum absolute atomic E-state index is 13.6. The van der Waals surface area contributed by atoms with Gasteiger partial charge in [0.15, 0.2) is 10.7 Å². The molecule has 0 saturated carbocycles. The second-order valence-corrected chi connectivity index (χ2v) is 10.7. The standard InChI is InChI=1S/C26H28FN3O4S/c1-17-6-8-20(9-7-17)10-13-24-25(19(3)29-34-24)35(32,33)30-14-4-5-21(16-30)26(31)28-23-12-11-22(27)15-18(23)2/h6-13,15,21H,4-5,14,16H2,1-3H3,(H,28,31). The summed E-state index contributed by atoms with van der Waals surface area (Å²) < 4.78 is 47.2. The highest BCUT2D eigenvalue weighted by Gasteiger charge is 2.37. The number of halogens is 1. The summed E-state index contributed by atoms with van der Waals surface area (Å²) in [6, 6.07) is 11.9. The van der Waals surface area contributed by atoms with E-state index in [1.165, 1.54) is 22.5 Å². The van der Waals surface area contributed by atoms with Crippen LogP contribution in [0.2, 0.25) is 0 Å². The number of anilines is 1. The monoisotopic (exact) mass is 497 g/mol. The Morgan fingerprint density at radius 2 is 1.89 bits per heavy atom. The Bertz CT molecular complexity index is 1360. The molecule has 0 aliphatic carbocycles. The van der Waals surface area contributed by atoms with E-state index < -0.39 is 15.9 Å². The predicted octanol–water partition coefficient (Wildman–Crippen LogP) is 4.95. The average Bonchev–Trinajstić information content (AvgIpc) is 3.21. The fourth-order valence-corrected chi connectivity index (χ4v) is 5.93. The highest BCUT2D eigenvalue weighted by molar-refractivity contribution is 7.89. The van der Waals surface area contributed by atoms with Gasteiger partial charge in [0.25, 0.3) is 0 Å². The number of carbonyl (C=O) groups excluding carboxylic acids is 1. The number of nitrogens with zero attached hydrogens (tertiary/aromatic N) is 2. The van der Waals surface area contributed by atoms with E-state index >= 15 is 0 Å². The predicted molar refractivity (Wildman–Crippen MR) is 133 cm³/mol. The van der Waals surface area contributed by atoms with Crippen molar-refractivity contribution in [1.29, 1.82) is 0 Å². The average molecular weight is 498 g/mol. The molecule has 184 valence electrons. The molecule has 2 heterocycles. The van der Waals surface area contributed by atoms with Gasteiger partial charge in [0.2, 0.25) is 15.9 Å². The number of carbonyl (C=O) groups is 1. The molecule has 1 aliphatic rings. The van der Waals surface area contributed by atoms with Crippen LogP contribution >= 0.6 is 0 Å². The van der Waals surface area contributed by atoms with E-state index in [1.54, 1.807) is 26.0 Å². The van der Waals surface area contributed by atoms with Gasteiger partial charge in [-0.05, 0) is 69.0 Å². The fraction of sp³-hybridized carbons (Fsp3) is 0.308. The Morgan fingerprint density at radius 1 is 1.14 bits per heavy atom. The van der Waals surface area contributed by atoms with Crippen LogP contribution in [0.1, 0.15) is 41.0 Å². The quantitative estimate of drug-likeness (QED) is 0.520. The van der Waals surface area contributed by atoms with Gasteiger partial charge < -0.3 is 9.84 Å². The lowest BCUT2D eigenvalue weighted by atomic mass is 9.98. The molecule has 1 N–H and O–H groups in total. The van der Waals surface area contributed by atoms with Crippen LogP contribution in [0.3, 0.4) is 0 Å². The molecule has 1 amide bonds. The van der Waals surface area contributed by atoms with Crippen molar-refractivity contribution in [3.8, 4) is 0 Å². The number of rotatable bonds is 6. The van der Waals surface area contributed by atoms with E-state index in [-0.39, 0.29) is 34.6 Å². The third-order valence-electron chi connectivity index (χ3n) is 6.14. The minimum Gasteiger partial charge on any atom is -0.355 e. The maximum atomic E-state index is 13.6. The third-order valence-corrected chi connectivity index (χ3v) is 8.16. The molecule has 0 bridgehead atoms. The van der Waals surface area contributed by atoms with Crippen LogP contribution in [0, 0.1) is 32.5 Å². The Balaban J connectivity index is 1.53. The molecule has 0 spiro atoms. The minimum absolute atomic E-state index is 0.0105. The summed E-state index contributed by atoms with van der Waals surface area (Å²) in [5.74, 6) is -1.06. The summed E-state index contributed by atoms with van der Waals surface area (Å²) in [7, 11) is -3.95. The summed E-state index contributed by atoms with van der Waals surface area (Å²) in [4.78, 5) is 12.9. The van der Waals surface area contributed by atoms with Crippen LogP contribution in [-0.4, -0.2) is 36.9 Å². The number of benzene rings is 2. The molecule has 2 aromatic carbocycles. The zero-order valence-electron chi connectivity index (χ0n) is 19.9. The molecule has 1 fully saturated rings. The molecule has 1 atom stereocenters. The topological polar surface area (TPSA) is 92.5 Å². The summed E-state index contributed by atoms with van der Waals surface area (Å²) in [6.45, 7) is 5.63. The fourth-order valence-electron chi connectivity index (χ4n) is 4.15. The molecule has 35 heavy (non-hydrogen) atoms. The lowest BCUT2D eigenvalue weighted by molar-refractivity contribution is -0.120. The zero-order chi connectivity index (χ0) is 25.2. The van der Waals surface area contributed by atoms with Gasteiger partial charge in [-0.15, -0.1) is 0 Å². The van der Waals surface area contributed by atoms with E-state index in [4.69, 9.17) is 4.52 Å². The molecule has 1 saturated heterocycles. The van der Waals surface area contributed by atoms with Crippen LogP contribution in [-0.2, 0) is 14.8 Å². The normalized spacial score (nSPS) is 17.1. The molecular formula is C26H28FN3O4S. The second kappa shape index (κ2) is 10.1. The van der Waals surface area contributed by atoms with Gasteiger partial charge in [0.1, 0.15) is 11.5 Å². The van der Waals surface area contributed by atoms with E-state index in [0.717, 1.165) is 11.1 Å². The molecule has 0 radical (unpaired) electrons. The van der Waals surface area contributed by atoms with E-state index in [1.807, 2.05) is 31.2 Å². The van der Waals surface area contributed by atoms with Gasteiger partial charge >= 0.3 is 0 Å². The molecule has 9 heteroatoms. The SMILES string of the molecule is Cc1ccc(C=Cc2onc(C)c2S(=O)(=O)N2CCCC(C(=O)Nc3ccc(F)cc3C)C2)cc1. The lowest BCUT2D eigenvalue weighted by Gasteiger charge is -2.31. The highest BCUT2D eigenvalue weighted by atomic mass is 32.2. The van der Waals surface area contributed by atoms with Gasteiger partial charge in [-0.3, -0.25) is 4.79 Å². The summed E-state index contributed by atoms with van der Waals surface area (Å²) >= 11 is 0. The number of nitrogens with one attached hydrogen (secondary N) is 1. The van der Waals surface area contributed by atoms with Crippen LogP contribution < -0.4 is 5.32 Å². The van der Waals surface area contributed by atoms with E-state index in [9.17, 15) is 17.6 Å². The number of piperidine rings is 1. The van der Waals surface area contributed by atoms with Gasteiger partial charge in [0, 0.05) is 18.8 Å². The molecule has 1 unspecified atom stereocenters. The van der Waals surface area contributed by atoms with Crippen LogP contribution in [0.25, 0.3) is 12.2 Å². The van der Waals surface area contributed by atoms with E-state index in [0.29, 0.717) is 30.6 Å². The van der Waals surface area contributed by atoms with Crippen molar-refractivity contribution in [2.75, 3.05) is 18.4 Å². The first-order valence-electron chi connectivity index (χ1n) is 11.4. The Kier molecular flexibility index (Phi) is 7.18. The Labute approximate surface area is 204 Å². The van der Waals surface area contributed by atoms with Crippen molar-refractivity contribution in [3.05, 3.63) is 76.4 Å². The number of amides is 1. The largest absolute Gasteiger partial charge is 0.355 e. The first-order chi connectivity index (χ1) is 16.6. The molecule has 3 aromatic rings. The Morgan fingerprint density at radius 3 is 2.60 bits per heavy atom. The minimum atomic E-state index is -3.95. The van der Waals surface area contributed by atoms with Crippen LogP contribution in [0.5, 0.6) is 0 Å². The van der Waals surface area contributed by atoms with Gasteiger partial charge in [-0.25, -0.2) is 12.8 Å². The third kappa shape index (κ3) is 5.52. The Hall–Kier alpha value is -3.30. The number of hydrogen-bond donors (Lipinski definition) is 1. The molecule has 1 aliphatic heterocycles. The van der Waals surface area contributed by atoms with Crippen molar-refractivity contribution >= 4 is 33.8 Å². The van der Waals surface area contributed by atoms with Gasteiger partial charge in [0.05, 0.1) is 5.92 Å². The van der Waals surface area contributed by atoms with Gasteiger partial charge in [-0.2, -0.15) is 4.31 Å². The van der Waals surface area contributed by atoms with Crippen LogP contribution in [0.15, 0.2) is 51.9 Å². The first kappa shape index (κ1) is 24.8. The second-order valence-electron chi connectivity index (χ2n) is 8.86. The van der Waals surface area contributed by atoms with Crippen LogP contribution in [0.4, 0.5) is 10.1 Å².